The third-order valence-electron chi connectivity index (χ3n) is 4.44. The number of carbonyl (C=O) groups is 2. The topological polar surface area (TPSA) is 93.0 Å². The Morgan fingerprint density at radius 1 is 1.27 bits per heavy atom. The molecule has 1 saturated heterocycles. The van der Waals surface area contributed by atoms with Crippen LogP contribution in [0.25, 0.3) is 0 Å². The van der Waals surface area contributed by atoms with Crippen LogP contribution in [-0.2, 0) is 9.53 Å². The minimum absolute atomic E-state index is 0.0670. The van der Waals surface area contributed by atoms with Crippen molar-refractivity contribution < 1.29 is 19.2 Å². The molecule has 1 aromatic carbocycles. The fourth-order valence-corrected chi connectivity index (χ4v) is 3.35. The smallest absolute Gasteiger partial charge is 0.341 e. The highest BCUT2D eigenvalue weighted by Gasteiger charge is 2.27. The van der Waals surface area contributed by atoms with E-state index in [4.69, 9.17) is 4.74 Å². The van der Waals surface area contributed by atoms with Gasteiger partial charge in [-0.1, -0.05) is 13.8 Å². The lowest BCUT2D eigenvalue weighted by Crippen LogP contribution is -2.44. The van der Waals surface area contributed by atoms with Gasteiger partial charge in [0.25, 0.3) is 11.6 Å². The highest BCUT2D eigenvalue weighted by molar-refractivity contribution is 5.97. The number of anilines is 1. The van der Waals surface area contributed by atoms with Gasteiger partial charge >= 0.3 is 5.97 Å². The summed E-state index contributed by atoms with van der Waals surface area (Å²) in [5.41, 5.74) is 0.359. The number of piperidine rings is 1. The Bertz CT molecular complexity index is 694. The molecule has 0 aromatic heterocycles. The number of nitrogens with zero attached hydrogens (tertiary/aromatic N) is 3. The molecule has 0 spiro atoms. The van der Waals surface area contributed by atoms with Crippen LogP contribution in [0, 0.1) is 22.0 Å². The maximum absolute atomic E-state index is 12.4. The number of amides is 1. The summed E-state index contributed by atoms with van der Waals surface area (Å²) < 4.78 is 5.16. The predicted molar refractivity (Wildman–Crippen MR) is 97.2 cm³/mol. The lowest BCUT2D eigenvalue weighted by Gasteiger charge is -2.34. The van der Waals surface area contributed by atoms with E-state index in [9.17, 15) is 19.7 Å². The van der Waals surface area contributed by atoms with E-state index in [0.29, 0.717) is 30.6 Å². The van der Waals surface area contributed by atoms with Crippen LogP contribution in [0.3, 0.4) is 0 Å². The molecule has 0 unspecified atom stereocenters. The number of carbonyl (C=O) groups excluding carboxylic acids is 2. The SMILES string of the molecule is C[C@@H]1C[C@H](C)CN(C(=O)COC(=O)c2cc([N+](=O)[O-])ccc2N(C)C)C1. The van der Waals surface area contributed by atoms with Gasteiger partial charge in [-0.2, -0.15) is 0 Å². The number of benzene rings is 1. The Kier molecular flexibility index (Phi) is 6.18. The molecular formula is C18H25N3O5. The number of hydrogen-bond donors (Lipinski definition) is 0. The number of non-ortho nitro benzene ring substituents is 1. The first-order valence-corrected chi connectivity index (χ1v) is 8.59. The molecule has 0 saturated carbocycles. The molecule has 0 radical (unpaired) electrons. The van der Waals surface area contributed by atoms with Crippen LogP contribution in [0.2, 0.25) is 0 Å². The van der Waals surface area contributed by atoms with Crippen LogP contribution in [0.15, 0.2) is 18.2 Å². The van der Waals surface area contributed by atoms with E-state index in [2.05, 4.69) is 13.8 Å². The van der Waals surface area contributed by atoms with Gasteiger partial charge in [0.15, 0.2) is 6.61 Å². The van der Waals surface area contributed by atoms with Gasteiger partial charge in [0.2, 0.25) is 0 Å². The molecule has 1 aromatic rings. The van der Waals surface area contributed by atoms with Crippen molar-refractivity contribution in [2.75, 3.05) is 38.7 Å². The minimum Gasteiger partial charge on any atom is -0.452 e. The summed E-state index contributed by atoms with van der Waals surface area (Å²) in [6, 6.07) is 3.99. The van der Waals surface area contributed by atoms with Crippen molar-refractivity contribution in [1.82, 2.24) is 4.90 Å². The third-order valence-corrected chi connectivity index (χ3v) is 4.44. The number of ether oxygens (including phenoxy) is 1. The van der Waals surface area contributed by atoms with Crippen molar-refractivity contribution in [2.24, 2.45) is 11.8 Å². The van der Waals surface area contributed by atoms with Crippen molar-refractivity contribution in [2.45, 2.75) is 20.3 Å². The molecule has 26 heavy (non-hydrogen) atoms. The van der Waals surface area contributed by atoms with E-state index in [1.54, 1.807) is 23.9 Å². The first-order valence-electron chi connectivity index (χ1n) is 8.59. The van der Waals surface area contributed by atoms with Crippen molar-refractivity contribution in [1.29, 1.82) is 0 Å². The largest absolute Gasteiger partial charge is 0.452 e. The van der Waals surface area contributed by atoms with Crippen LogP contribution in [0.1, 0.15) is 30.6 Å². The highest BCUT2D eigenvalue weighted by Crippen LogP contribution is 2.25. The molecule has 1 heterocycles. The molecule has 1 aliphatic rings. The Balaban J connectivity index is 2.08. The second kappa shape index (κ2) is 8.16. The molecule has 0 bridgehead atoms. The molecule has 2 atom stereocenters. The monoisotopic (exact) mass is 363 g/mol. The van der Waals surface area contributed by atoms with E-state index in [0.717, 1.165) is 6.42 Å². The molecule has 1 aliphatic heterocycles. The van der Waals surface area contributed by atoms with Crippen molar-refractivity contribution in [3.05, 3.63) is 33.9 Å². The van der Waals surface area contributed by atoms with Gasteiger partial charge in [-0.05, 0) is 24.3 Å². The summed E-state index contributed by atoms with van der Waals surface area (Å²) in [5.74, 6) is -0.163. The molecule has 0 aliphatic carbocycles. The molecule has 1 fully saturated rings. The van der Waals surface area contributed by atoms with Crippen LogP contribution in [-0.4, -0.2) is 55.5 Å². The zero-order valence-corrected chi connectivity index (χ0v) is 15.6. The standard InChI is InChI=1S/C18H25N3O5/c1-12-7-13(2)10-20(9-12)17(22)11-26-18(23)15-8-14(21(24)25)5-6-16(15)19(3)4/h5-6,8,12-13H,7,9-11H2,1-4H3/t12-,13+. The zero-order chi connectivity index (χ0) is 19.4. The summed E-state index contributed by atoms with van der Waals surface area (Å²) in [7, 11) is 3.44. The lowest BCUT2D eigenvalue weighted by molar-refractivity contribution is -0.384. The summed E-state index contributed by atoms with van der Waals surface area (Å²) in [6.45, 7) is 5.12. The van der Waals surface area contributed by atoms with Gasteiger partial charge < -0.3 is 14.5 Å². The molecule has 2 rings (SSSR count). The fraction of sp³-hybridized carbons (Fsp3) is 0.556. The van der Waals surface area contributed by atoms with Crippen LogP contribution in [0.4, 0.5) is 11.4 Å². The normalized spacial score (nSPS) is 19.8. The van der Waals surface area contributed by atoms with Crippen molar-refractivity contribution in [3.63, 3.8) is 0 Å². The Labute approximate surface area is 152 Å². The first-order chi connectivity index (χ1) is 12.2. The van der Waals surface area contributed by atoms with Gasteiger partial charge in [0, 0.05) is 39.3 Å². The number of hydrogen-bond acceptors (Lipinski definition) is 6. The minimum atomic E-state index is -0.746. The number of rotatable bonds is 5. The summed E-state index contributed by atoms with van der Waals surface area (Å²) >= 11 is 0. The van der Waals surface area contributed by atoms with Crippen LogP contribution >= 0.6 is 0 Å². The van der Waals surface area contributed by atoms with Crippen LogP contribution in [0.5, 0.6) is 0 Å². The molecule has 0 N–H and O–H groups in total. The maximum Gasteiger partial charge on any atom is 0.341 e. The third kappa shape index (κ3) is 4.71. The van der Waals surface area contributed by atoms with E-state index >= 15 is 0 Å². The van der Waals surface area contributed by atoms with Gasteiger partial charge in [-0.3, -0.25) is 14.9 Å². The summed E-state index contributed by atoms with van der Waals surface area (Å²) in [5, 5.41) is 11.0. The Hall–Kier alpha value is -2.64. The van der Waals surface area contributed by atoms with Gasteiger partial charge in [0.1, 0.15) is 0 Å². The first kappa shape index (κ1) is 19.7. The number of nitro groups is 1. The zero-order valence-electron chi connectivity index (χ0n) is 15.6. The van der Waals surface area contributed by atoms with Gasteiger partial charge in [0.05, 0.1) is 16.2 Å². The van der Waals surface area contributed by atoms with Gasteiger partial charge in [-0.25, -0.2) is 4.79 Å². The molecular weight excluding hydrogens is 338 g/mol. The van der Waals surface area contributed by atoms with Crippen molar-refractivity contribution in [3.8, 4) is 0 Å². The average molecular weight is 363 g/mol. The average Bonchev–Trinajstić information content (AvgIpc) is 2.57. The fourth-order valence-electron chi connectivity index (χ4n) is 3.35. The Morgan fingerprint density at radius 2 is 1.88 bits per heavy atom. The van der Waals surface area contributed by atoms with E-state index < -0.39 is 10.9 Å². The van der Waals surface area contributed by atoms with E-state index in [-0.39, 0.29) is 23.8 Å². The predicted octanol–water partition coefficient (Wildman–Crippen LogP) is 2.32. The number of esters is 1. The second-order valence-electron chi connectivity index (χ2n) is 7.17. The maximum atomic E-state index is 12.4. The summed E-state index contributed by atoms with van der Waals surface area (Å²) in [4.78, 5) is 38.5. The molecule has 8 heteroatoms. The molecule has 1 amide bonds. The summed E-state index contributed by atoms with van der Waals surface area (Å²) in [6.07, 6.45) is 1.07. The van der Waals surface area contributed by atoms with E-state index in [1.807, 2.05) is 0 Å². The molecule has 8 nitrogen and oxygen atoms in total. The van der Waals surface area contributed by atoms with Crippen LogP contribution < -0.4 is 4.90 Å². The lowest BCUT2D eigenvalue weighted by atomic mass is 9.92. The highest BCUT2D eigenvalue weighted by atomic mass is 16.6. The second-order valence-corrected chi connectivity index (χ2v) is 7.17. The van der Waals surface area contributed by atoms with E-state index in [1.165, 1.54) is 18.2 Å². The molecule has 142 valence electrons. The van der Waals surface area contributed by atoms with Crippen molar-refractivity contribution >= 4 is 23.3 Å². The number of likely N-dealkylation sites (tertiary alicyclic amines) is 1. The Morgan fingerprint density at radius 3 is 2.42 bits per heavy atom. The number of nitro benzene ring substituents is 1. The quantitative estimate of drug-likeness (QED) is 0.453. The van der Waals surface area contributed by atoms with Gasteiger partial charge in [-0.15, -0.1) is 0 Å².